The molecule has 4 atom stereocenters. The SMILES string of the molecule is C#CCOC(=O)[C@H](C)NP(=O)(OC[C@@H]1O[C@H](n2ccc(N)nc2=O)CS1)Oc1ccccc1. The monoisotopic (exact) mass is 494 g/mol. The number of thioether (sulfide) groups is 1. The van der Waals surface area contributed by atoms with E-state index in [4.69, 9.17) is 30.7 Å². The highest BCUT2D eigenvalue weighted by Gasteiger charge is 2.35. The Hall–Kier alpha value is -2.81. The summed E-state index contributed by atoms with van der Waals surface area (Å²) in [7, 11) is -4.04. The van der Waals surface area contributed by atoms with Gasteiger partial charge in [-0.2, -0.15) is 10.1 Å². The van der Waals surface area contributed by atoms with E-state index in [0.717, 1.165) is 0 Å². The van der Waals surface area contributed by atoms with Crippen LogP contribution < -0.4 is 21.0 Å². The smallest absolute Gasteiger partial charge is 0.451 e. The summed E-state index contributed by atoms with van der Waals surface area (Å²) in [5, 5.41) is 2.56. The fourth-order valence-electron chi connectivity index (χ4n) is 2.72. The topological polar surface area (TPSA) is 144 Å². The Labute approximate surface area is 194 Å². The molecule has 1 fully saturated rings. The molecular weight excluding hydrogens is 471 g/mol. The molecule has 0 bridgehead atoms. The van der Waals surface area contributed by atoms with Gasteiger partial charge in [0.25, 0.3) is 0 Å². The molecule has 11 nitrogen and oxygen atoms in total. The number of rotatable bonds is 10. The minimum atomic E-state index is -4.04. The van der Waals surface area contributed by atoms with Gasteiger partial charge in [0.15, 0.2) is 6.61 Å². The minimum absolute atomic E-state index is 0.113. The van der Waals surface area contributed by atoms with Gasteiger partial charge < -0.3 is 19.7 Å². The van der Waals surface area contributed by atoms with Gasteiger partial charge >= 0.3 is 19.4 Å². The summed E-state index contributed by atoms with van der Waals surface area (Å²) >= 11 is 1.36. The summed E-state index contributed by atoms with van der Waals surface area (Å²) < 4.78 is 36.6. The number of nitrogen functional groups attached to an aromatic ring is 1. The summed E-state index contributed by atoms with van der Waals surface area (Å²) in [5.41, 5.74) is 4.42. The molecule has 3 N–H and O–H groups in total. The molecule has 1 aromatic heterocycles. The molecule has 2 heterocycles. The van der Waals surface area contributed by atoms with Gasteiger partial charge in [0.1, 0.15) is 29.3 Å². The summed E-state index contributed by atoms with van der Waals surface area (Å²) in [6.45, 7) is 1.07. The summed E-state index contributed by atoms with van der Waals surface area (Å²) in [6.07, 6.45) is 5.99. The van der Waals surface area contributed by atoms with Gasteiger partial charge in [-0.05, 0) is 25.1 Å². The average molecular weight is 494 g/mol. The largest absolute Gasteiger partial charge is 0.459 e. The molecular formula is C20H23N4O7PS. The molecule has 3 rings (SSSR count). The van der Waals surface area contributed by atoms with Crippen LogP contribution in [0.1, 0.15) is 13.2 Å². The Morgan fingerprint density at radius 3 is 2.91 bits per heavy atom. The van der Waals surface area contributed by atoms with Gasteiger partial charge in [-0.1, -0.05) is 24.1 Å². The van der Waals surface area contributed by atoms with E-state index in [0.29, 0.717) is 5.75 Å². The van der Waals surface area contributed by atoms with Crippen LogP contribution in [0, 0.1) is 12.3 Å². The molecule has 1 aliphatic rings. The average Bonchev–Trinajstić information content (AvgIpc) is 3.25. The molecule has 0 radical (unpaired) electrons. The molecule has 0 spiro atoms. The highest BCUT2D eigenvalue weighted by molar-refractivity contribution is 8.00. The van der Waals surface area contributed by atoms with Crippen LogP contribution in [0.5, 0.6) is 5.75 Å². The number of benzene rings is 1. The van der Waals surface area contributed by atoms with E-state index in [1.807, 2.05) is 0 Å². The third-order valence-electron chi connectivity index (χ3n) is 4.25. The number of nitrogens with one attached hydrogen (secondary N) is 1. The predicted octanol–water partition coefficient (Wildman–Crippen LogP) is 1.77. The van der Waals surface area contributed by atoms with E-state index < -0.39 is 37.1 Å². The molecule has 1 aliphatic heterocycles. The summed E-state index contributed by atoms with van der Waals surface area (Å²) in [6, 6.07) is 8.81. The fraction of sp³-hybridized carbons (Fsp3) is 0.350. The van der Waals surface area contributed by atoms with Crippen molar-refractivity contribution in [2.75, 3.05) is 24.7 Å². The molecule has 0 amide bonds. The maximum absolute atomic E-state index is 13.4. The van der Waals surface area contributed by atoms with Crippen molar-refractivity contribution in [2.24, 2.45) is 0 Å². The van der Waals surface area contributed by atoms with Crippen molar-refractivity contribution < 1.29 is 27.9 Å². The molecule has 176 valence electrons. The second-order valence-electron chi connectivity index (χ2n) is 6.76. The number of ether oxygens (including phenoxy) is 2. The number of aromatic nitrogens is 2. The van der Waals surface area contributed by atoms with Crippen LogP contribution in [0.25, 0.3) is 0 Å². The third-order valence-corrected chi connectivity index (χ3v) is 6.99. The zero-order chi connectivity index (χ0) is 23.8. The minimum Gasteiger partial charge on any atom is -0.451 e. The number of carbonyl (C=O) groups excluding carboxylic acids is 1. The molecule has 0 saturated carbocycles. The van der Waals surface area contributed by atoms with Gasteiger partial charge in [-0.3, -0.25) is 13.9 Å². The summed E-state index contributed by atoms with van der Waals surface area (Å²) in [4.78, 5) is 27.8. The first-order valence-electron chi connectivity index (χ1n) is 9.78. The fourth-order valence-corrected chi connectivity index (χ4v) is 5.30. The van der Waals surface area contributed by atoms with Gasteiger partial charge in [0.05, 0.1) is 6.61 Å². The van der Waals surface area contributed by atoms with Gasteiger partial charge in [0.2, 0.25) is 0 Å². The lowest BCUT2D eigenvalue weighted by Gasteiger charge is -2.23. The maximum Gasteiger partial charge on any atom is 0.459 e. The quantitative estimate of drug-likeness (QED) is 0.283. The molecule has 1 saturated heterocycles. The van der Waals surface area contributed by atoms with Crippen LogP contribution in [0.15, 0.2) is 47.4 Å². The van der Waals surface area contributed by atoms with Crippen molar-refractivity contribution in [1.29, 1.82) is 0 Å². The first kappa shape index (κ1) is 24.8. The van der Waals surface area contributed by atoms with Gasteiger partial charge in [-0.25, -0.2) is 9.36 Å². The van der Waals surface area contributed by atoms with Crippen molar-refractivity contribution in [3.63, 3.8) is 0 Å². The molecule has 0 aliphatic carbocycles. The van der Waals surface area contributed by atoms with E-state index in [1.165, 1.54) is 35.5 Å². The third kappa shape index (κ3) is 7.08. The number of para-hydroxylation sites is 1. The van der Waals surface area contributed by atoms with Crippen molar-refractivity contribution >= 4 is 31.3 Å². The first-order valence-corrected chi connectivity index (χ1v) is 12.4. The van der Waals surface area contributed by atoms with Gasteiger partial charge in [-0.15, -0.1) is 18.2 Å². The Morgan fingerprint density at radius 1 is 1.45 bits per heavy atom. The van der Waals surface area contributed by atoms with Crippen LogP contribution in [-0.4, -0.2) is 46.0 Å². The second-order valence-corrected chi connectivity index (χ2v) is 9.64. The Morgan fingerprint density at radius 2 is 2.21 bits per heavy atom. The molecule has 1 aromatic carbocycles. The number of esters is 1. The van der Waals surface area contributed by atoms with Crippen LogP contribution in [-0.2, 0) is 23.4 Å². The Bertz CT molecular complexity index is 1110. The van der Waals surface area contributed by atoms with E-state index in [1.54, 1.807) is 30.3 Å². The number of terminal acetylenes is 1. The zero-order valence-corrected chi connectivity index (χ0v) is 19.4. The number of carbonyl (C=O) groups is 1. The maximum atomic E-state index is 13.4. The summed E-state index contributed by atoms with van der Waals surface area (Å²) in [5.74, 6) is 2.29. The lowest BCUT2D eigenvalue weighted by Crippen LogP contribution is -2.35. The van der Waals surface area contributed by atoms with E-state index in [9.17, 15) is 14.2 Å². The van der Waals surface area contributed by atoms with Crippen LogP contribution >= 0.6 is 19.5 Å². The lowest BCUT2D eigenvalue weighted by molar-refractivity contribution is -0.143. The zero-order valence-electron chi connectivity index (χ0n) is 17.7. The van der Waals surface area contributed by atoms with Crippen LogP contribution in [0.4, 0.5) is 5.82 Å². The normalized spacial score (nSPS) is 20.4. The van der Waals surface area contributed by atoms with Crippen LogP contribution in [0.2, 0.25) is 0 Å². The molecule has 1 unspecified atom stereocenters. The van der Waals surface area contributed by atoms with E-state index in [2.05, 4.69) is 16.0 Å². The Balaban J connectivity index is 1.66. The number of hydrogen-bond acceptors (Lipinski definition) is 10. The van der Waals surface area contributed by atoms with Crippen molar-refractivity contribution in [3.05, 3.63) is 53.1 Å². The molecule has 2 aromatic rings. The number of hydrogen-bond donors (Lipinski definition) is 2. The first-order chi connectivity index (χ1) is 15.8. The predicted molar refractivity (Wildman–Crippen MR) is 122 cm³/mol. The van der Waals surface area contributed by atoms with Crippen molar-refractivity contribution in [2.45, 2.75) is 24.6 Å². The second kappa shape index (κ2) is 11.4. The lowest BCUT2D eigenvalue weighted by atomic mass is 10.3. The van der Waals surface area contributed by atoms with Gasteiger partial charge in [0, 0.05) is 11.9 Å². The van der Waals surface area contributed by atoms with Crippen molar-refractivity contribution in [1.82, 2.24) is 14.6 Å². The van der Waals surface area contributed by atoms with E-state index in [-0.39, 0.29) is 24.8 Å². The molecule has 13 heteroatoms. The standard InChI is InChI=1S/C20H23N4O7PS/c1-3-11-28-19(25)14(2)23-32(27,31-15-7-5-4-6-8-15)29-12-18-30-17(13-33-18)24-10-9-16(21)22-20(24)26/h1,4-10,14,17-18H,11-13H2,2H3,(H,23,27)(H2,21,22,26)/t14-,17-,18+,32?/m0/s1. The molecule has 33 heavy (non-hydrogen) atoms. The number of nitrogens with two attached hydrogens (primary N) is 1. The number of anilines is 1. The Kier molecular flexibility index (Phi) is 8.55. The highest BCUT2D eigenvalue weighted by atomic mass is 32.2. The van der Waals surface area contributed by atoms with Crippen LogP contribution in [0.3, 0.4) is 0 Å². The number of nitrogens with zero attached hydrogens (tertiary/aromatic N) is 2. The highest BCUT2D eigenvalue weighted by Crippen LogP contribution is 2.46. The van der Waals surface area contributed by atoms with E-state index >= 15 is 0 Å². The van der Waals surface area contributed by atoms with Crippen molar-refractivity contribution in [3.8, 4) is 18.1 Å².